The number of amides is 1. The second-order valence-electron chi connectivity index (χ2n) is 6.75. The molecule has 0 radical (unpaired) electrons. The van der Waals surface area contributed by atoms with Gasteiger partial charge in [0.15, 0.2) is 5.69 Å². The van der Waals surface area contributed by atoms with E-state index in [1.165, 1.54) is 5.56 Å². The van der Waals surface area contributed by atoms with Gasteiger partial charge in [-0.2, -0.15) is 13.2 Å². The van der Waals surface area contributed by atoms with E-state index in [9.17, 15) is 22.8 Å². The predicted molar refractivity (Wildman–Crippen MR) is 92.9 cm³/mol. The third kappa shape index (κ3) is 4.96. The van der Waals surface area contributed by atoms with Gasteiger partial charge in [0.05, 0.1) is 6.33 Å². The molecule has 1 saturated heterocycles. The molecule has 27 heavy (non-hydrogen) atoms. The second kappa shape index (κ2) is 7.94. The molecule has 1 aromatic carbocycles. The molecule has 1 fully saturated rings. The van der Waals surface area contributed by atoms with E-state index in [0.29, 0.717) is 25.1 Å². The standard InChI is InChI=1S/C19H20F3N3O2/c20-19(21,22)16-11-17(26)25(13-23-16)12-18(27)24-8-6-15(7-9-24)10-14-4-2-1-3-5-14/h1-5,11,13,15H,6-10,12H2. The molecule has 8 heteroatoms. The topological polar surface area (TPSA) is 55.2 Å². The van der Waals surface area contributed by atoms with Crippen LogP contribution in [-0.4, -0.2) is 33.4 Å². The summed E-state index contributed by atoms with van der Waals surface area (Å²) in [5.41, 5.74) is -0.868. The summed E-state index contributed by atoms with van der Waals surface area (Å²) < 4.78 is 38.6. The summed E-state index contributed by atoms with van der Waals surface area (Å²) in [4.78, 5) is 29.1. The fourth-order valence-electron chi connectivity index (χ4n) is 3.28. The molecule has 1 aliphatic heterocycles. The van der Waals surface area contributed by atoms with Crippen molar-refractivity contribution in [1.29, 1.82) is 0 Å². The summed E-state index contributed by atoms with van der Waals surface area (Å²) in [7, 11) is 0. The summed E-state index contributed by atoms with van der Waals surface area (Å²) in [6.07, 6.45) is -1.21. The first-order valence-electron chi connectivity index (χ1n) is 8.78. The lowest BCUT2D eigenvalue weighted by molar-refractivity contribution is -0.141. The van der Waals surface area contributed by atoms with Gasteiger partial charge in [0.2, 0.25) is 5.91 Å². The lowest BCUT2D eigenvalue weighted by atomic mass is 9.90. The monoisotopic (exact) mass is 379 g/mol. The second-order valence-corrected chi connectivity index (χ2v) is 6.75. The molecule has 144 valence electrons. The Morgan fingerprint density at radius 3 is 2.41 bits per heavy atom. The maximum Gasteiger partial charge on any atom is 0.433 e. The fourth-order valence-corrected chi connectivity index (χ4v) is 3.28. The Kier molecular flexibility index (Phi) is 5.62. The molecule has 1 aromatic heterocycles. The van der Waals surface area contributed by atoms with Gasteiger partial charge in [0, 0.05) is 19.2 Å². The van der Waals surface area contributed by atoms with Gasteiger partial charge in [0.1, 0.15) is 6.54 Å². The van der Waals surface area contributed by atoms with Crippen LogP contribution in [0, 0.1) is 5.92 Å². The molecule has 0 spiro atoms. The van der Waals surface area contributed by atoms with Crippen LogP contribution in [0.4, 0.5) is 13.2 Å². The van der Waals surface area contributed by atoms with Crippen molar-refractivity contribution < 1.29 is 18.0 Å². The van der Waals surface area contributed by atoms with Crippen LogP contribution in [0.15, 0.2) is 47.5 Å². The number of halogens is 3. The van der Waals surface area contributed by atoms with Crippen LogP contribution in [0.3, 0.4) is 0 Å². The van der Waals surface area contributed by atoms with Crippen molar-refractivity contribution in [3.05, 3.63) is 64.3 Å². The maximum absolute atomic E-state index is 12.6. The van der Waals surface area contributed by atoms with Gasteiger partial charge in [-0.25, -0.2) is 4.98 Å². The number of aromatic nitrogens is 2. The summed E-state index contributed by atoms with van der Waals surface area (Å²) >= 11 is 0. The van der Waals surface area contributed by atoms with E-state index >= 15 is 0 Å². The molecule has 0 unspecified atom stereocenters. The number of alkyl halides is 3. The van der Waals surface area contributed by atoms with E-state index in [0.717, 1.165) is 30.2 Å². The average Bonchev–Trinajstić information content (AvgIpc) is 2.64. The van der Waals surface area contributed by atoms with Gasteiger partial charge >= 0.3 is 6.18 Å². The highest BCUT2D eigenvalue weighted by Crippen LogP contribution is 2.26. The molecule has 0 N–H and O–H groups in total. The maximum atomic E-state index is 12.6. The van der Waals surface area contributed by atoms with E-state index in [-0.39, 0.29) is 12.5 Å². The number of nitrogens with zero attached hydrogens (tertiary/aromatic N) is 3. The number of carbonyl (C=O) groups is 1. The number of piperidine rings is 1. The molecule has 0 bridgehead atoms. The van der Waals surface area contributed by atoms with Crippen LogP contribution < -0.4 is 5.56 Å². The Morgan fingerprint density at radius 2 is 1.81 bits per heavy atom. The van der Waals surface area contributed by atoms with Crippen molar-refractivity contribution in [2.45, 2.75) is 32.0 Å². The number of rotatable bonds is 4. The van der Waals surface area contributed by atoms with Crippen LogP contribution in [0.5, 0.6) is 0 Å². The summed E-state index contributed by atoms with van der Waals surface area (Å²) in [6, 6.07) is 10.6. The summed E-state index contributed by atoms with van der Waals surface area (Å²) in [5.74, 6) is 0.212. The Labute approximate surface area is 154 Å². The third-order valence-corrected chi connectivity index (χ3v) is 4.81. The highest BCUT2D eigenvalue weighted by molar-refractivity contribution is 5.76. The van der Waals surface area contributed by atoms with Crippen molar-refractivity contribution in [3.63, 3.8) is 0 Å². The van der Waals surface area contributed by atoms with Crippen molar-refractivity contribution in [3.8, 4) is 0 Å². The van der Waals surface area contributed by atoms with Gasteiger partial charge < -0.3 is 4.90 Å². The number of benzene rings is 1. The highest BCUT2D eigenvalue weighted by atomic mass is 19.4. The molecule has 1 aliphatic rings. The zero-order valence-electron chi connectivity index (χ0n) is 14.7. The molecule has 5 nitrogen and oxygen atoms in total. The molecule has 0 atom stereocenters. The average molecular weight is 379 g/mol. The first-order chi connectivity index (χ1) is 12.8. The lowest BCUT2D eigenvalue weighted by Gasteiger charge is -2.32. The Bertz CT molecular complexity index is 841. The quantitative estimate of drug-likeness (QED) is 0.821. The van der Waals surface area contributed by atoms with Crippen molar-refractivity contribution in [2.75, 3.05) is 13.1 Å². The largest absolute Gasteiger partial charge is 0.433 e. The first kappa shape index (κ1) is 19.1. The third-order valence-electron chi connectivity index (χ3n) is 4.81. The normalized spacial score (nSPS) is 15.7. The van der Waals surface area contributed by atoms with Crippen LogP contribution >= 0.6 is 0 Å². The van der Waals surface area contributed by atoms with Gasteiger partial charge in [-0.3, -0.25) is 14.2 Å². The van der Waals surface area contributed by atoms with Crippen LogP contribution in [-0.2, 0) is 23.9 Å². The molecule has 0 aliphatic carbocycles. The minimum absolute atomic E-state index is 0.281. The zero-order chi connectivity index (χ0) is 19.4. The first-order valence-corrected chi connectivity index (χ1v) is 8.78. The molecular weight excluding hydrogens is 359 g/mol. The number of carbonyl (C=O) groups excluding carboxylic acids is 1. The molecule has 0 saturated carbocycles. The van der Waals surface area contributed by atoms with E-state index < -0.39 is 17.4 Å². The van der Waals surface area contributed by atoms with E-state index in [1.807, 2.05) is 18.2 Å². The van der Waals surface area contributed by atoms with Crippen molar-refractivity contribution in [2.24, 2.45) is 5.92 Å². The zero-order valence-corrected chi connectivity index (χ0v) is 14.7. The number of likely N-dealkylation sites (tertiary alicyclic amines) is 1. The van der Waals surface area contributed by atoms with Crippen molar-refractivity contribution in [1.82, 2.24) is 14.5 Å². The summed E-state index contributed by atoms with van der Waals surface area (Å²) in [5, 5.41) is 0. The van der Waals surface area contributed by atoms with Gasteiger partial charge in [-0.15, -0.1) is 0 Å². The van der Waals surface area contributed by atoms with Crippen LogP contribution in [0.25, 0.3) is 0 Å². The van der Waals surface area contributed by atoms with Gasteiger partial charge in [0.25, 0.3) is 5.56 Å². The fraction of sp³-hybridized carbons (Fsp3) is 0.421. The SMILES string of the molecule is O=C(Cn1cnc(C(F)(F)F)cc1=O)N1CCC(Cc2ccccc2)CC1. The Morgan fingerprint density at radius 1 is 1.15 bits per heavy atom. The van der Waals surface area contributed by atoms with Gasteiger partial charge in [-0.05, 0) is 30.7 Å². The highest BCUT2D eigenvalue weighted by Gasteiger charge is 2.33. The lowest BCUT2D eigenvalue weighted by Crippen LogP contribution is -2.42. The molecule has 3 rings (SSSR count). The van der Waals surface area contributed by atoms with E-state index in [1.54, 1.807) is 4.90 Å². The predicted octanol–water partition coefficient (Wildman–Crippen LogP) is 2.74. The van der Waals surface area contributed by atoms with E-state index in [4.69, 9.17) is 0 Å². The number of hydrogen-bond acceptors (Lipinski definition) is 3. The number of hydrogen-bond donors (Lipinski definition) is 0. The molecular formula is C19H20F3N3O2. The van der Waals surface area contributed by atoms with Crippen LogP contribution in [0.2, 0.25) is 0 Å². The minimum Gasteiger partial charge on any atom is -0.341 e. The van der Waals surface area contributed by atoms with Crippen molar-refractivity contribution >= 4 is 5.91 Å². The van der Waals surface area contributed by atoms with E-state index in [2.05, 4.69) is 17.1 Å². The minimum atomic E-state index is -4.68. The summed E-state index contributed by atoms with van der Waals surface area (Å²) in [6.45, 7) is 0.867. The van der Waals surface area contributed by atoms with Crippen LogP contribution in [0.1, 0.15) is 24.1 Å². The molecule has 1 amide bonds. The smallest absolute Gasteiger partial charge is 0.341 e. The Hall–Kier alpha value is -2.64. The van der Waals surface area contributed by atoms with Gasteiger partial charge in [-0.1, -0.05) is 30.3 Å². The molecule has 2 heterocycles. The Balaban J connectivity index is 1.55. The molecule has 2 aromatic rings.